The van der Waals surface area contributed by atoms with Crippen molar-refractivity contribution >= 4 is 11.8 Å². The van der Waals surface area contributed by atoms with Crippen LogP contribution in [0, 0.1) is 5.82 Å². The van der Waals surface area contributed by atoms with Gasteiger partial charge in [-0.05, 0) is 44.9 Å². The minimum Gasteiger partial charge on any atom is -0.378 e. The van der Waals surface area contributed by atoms with Gasteiger partial charge in [0.25, 0.3) is 5.91 Å². The molecule has 164 valence electrons. The van der Waals surface area contributed by atoms with Gasteiger partial charge in [-0.3, -0.25) is 14.6 Å². The second-order valence-electron chi connectivity index (χ2n) is 8.64. The zero-order valence-electron chi connectivity index (χ0n) is 18.0. The lowest BCUT2D eigenvalue weighted by molar-refractivity contribution is -0.137. The van der Waals surface area contributed by atoms with Crippen molar-refractivity contribution in [3.8, 4) is 0 Å². The standard InChI is InChI=1S/C24H28FN3O3/c1-24(2,18-6-3-4-7-19(18)25)23(30)28-11-5-8-21(28)20-10-9-17(16-26-20)22(29)27-12-14-31-15-13-27/h3-4,6-7,9-10,16,21H,5,8,11-15H2,1-2H3. The molecule has 2 fully saturated rings. The fourth-order valence-electron chi connectivity index (χ4n) is 4.44. The van der Waals surface area contributed by atoms with E-state index in [1.165, 1.54) is 6.07 Å². The van der Waals surface area contributed by atoms with E-state index in [2.05, 4.69) is 4.98 Å². The Labute approximate surface area is 182 Å². The van der Waals surface area contributed by atoms with Crippen molar-refractivity contribution in [3.63, 3.8) is 0 Å². The number of pyridine rings is 1. The van der Waals surface area contributed by atoms with Gasteiger partial charge in [0.15, 0.2) is 0 Å². The molecule has 31 heavy (non-hydrogen) atoms. The van der Waals surface area contributed by atoms with Gasteiger partial charge >= 0.3 is 0 Å². The molecule has 0 bridgehead atoms. The van der Waals surface area contributed by atoms with Gasteiger partial charge in [0.05, 0.1) is 35.9 Å². The number of amides is 2. The van der Waals surface area contributed by atoms with E-state index in [1.54, 1.807) is 54.1 Å². The molecule has 2 aromatic rings. The molecule has 0 N–H and O–H groups in total. The summed E-state index contributed by atoms with van der Waals surface area (Å²) in [6.07, 6.45) is 3.25. The average Bonchev–Trinajstić information content (AvgIpc) is 3.28. The number of morpholine rings is 1. The molecule has 1 unspecified atom stereocenters. The molecule has 0 spiro atoms. The second-order valence-corrected chi connectivity index (χ2v) is 8.64. The number of aromatic nitrogens is 1. The minimum atomic E-state index is -0.986. The topological polar surface area (TPSA) is 62.7 Å². The van der Waals surface area contributed by atoms with Crippen molar-refractivity contribution in [2.24, 2.45) is 0 Å². The molecular weight excluding hydrogens is 397 g/mol. The zero-order chi connectivity index (χ0) is 22.0. The molecule has 1 aromatic carbocycles. The van der Waals surface area contributed by atoms with Crippen LogP contribution in [0.15, 0.2) is 42.6 Å². The van der Waals surface area contributed by atoms with Crippen LogP contribution in [0.5, 0.6) is 0 Å². The Kier molecular flexibility index (Phi) is 6.05. The van der Waals surface area contributed by atoms with Crippen LogP contribution in [0.4, 0.5) is 4.39 Å². The second kappa shape index (κ2) is 8.75. The summed E-state index contributed by atoms with van der Waals surface area (Å²) in [5.74, 6) is -0.543. The van der Waals surface area contributed by atoms with Gasteiger partial charge in [-0.2, -0.15) is 0 Å². The molecule has 2 aliphatic heterocycles. The fourth-order valence-corrected chi connectivity index (χ4v) is 4.44. The zero-order valence-corrected chi connectivity index (χ0v) is 18.0. The maximum absolute atomic E-state index is 14.4. The monoisotopic (exact) mass is 425 g/mol. The molecule has 3 heterocycles. The van der Waals surface area contributed by atoms with Crippen LogP contribution in [-0.4, -0.2) is 59.4 Å². The summed E-state index contributed by atoms with van der Waals surface area (Å²) >= 11 is 0. The van der Waals surface area contributed by atoms with E-state index in [0.29, 0.717) is 44.0 Å². The quantitative estimate of drug-likeness (QED) is 0.754. The van der Waals surface area contributed by atoms with Crippen LogP contribution in [0.3, 0.4) is 0 Å². The van der Waals surface area contributed by atoms with Crippen molar-refractivity contribution in [2.45, 2.75) is 38.1 Å². The number of ether oxygens (including phenoxy) is 1. The Bertz CT molecular complexity index is 955. The highest BCUT2D eigenvalue weighted by Gasteiger charge is 2.41. The van der Waals surface area contributed by atoms with Crippen molar-refractivity contribution in [1.29, 1.82) is 0 Å². The van der Waals surface area contributed by atoms with Crippen LogP contribution in [-0.2, 0) is 14.9 Å². The number of carbonyl (C=O) groups excluding carboxylic acids is 2. The predicted molar refractivity (Wildman–Crippen MR) is 114 cm³/mol. The van der Waals surface area contributed by atoms with E-state index in [1.807, 2.05) is 6.07 Å². The molecule has 7 heteroatoms. The van der Waals surface area contributed by atoms with E-state index >= 15 is 0 Å². The average molecular weight is 426 g/mol. The minimum absolute atomic E-state index is 0.0533. The number of hydrogen-bond acceptors (Lipinski definition) is 4. The molecule has 2 aliphatic rings. The van der Waals surface area contributed by atoms with Crippen LogP contribution in [0.1, 0.15) is 54.3 Å². The third kappa shape index (κ3) is 4.19. The number of rotatable bonds is 4. The van der Waals surface area contributed by atoms with E-state index in [4.69, 9.17) is 4.74 Å². The lowest BCUT2D eigenvalue weighted by atomic mass is 9.82. The molecule has 0 radical (unpaired) electrons. The highest BCUT2D eigenvalue weighted by molar-refractivity contribution is 5.94. The normalized spacial score (nSPS) is 19.5. The Morgan fingerprint density at radius 1 is 1.10 bits per heavy atom. The molecule has 1 aromatic heterocycles. The van der Waals surface area contributed by atoms with Crippen LogP contribution in [0.25, 0.3) is 0 Å². The maximum Gasteiger partial charge on any atom is 0.255 e. The van der Waals surface area contributed by atoms with Gasteiger partial charge in [-0.1, -0.05) is 18.2 Å². The molecule has 6 nitrogen and oxygen atoms in total. The van der Waals surface area contributed by atoms with E-state index in [0.717, 1.165) is 18.5 Å². The number of nitrogens with zero attached hydrogens (tertiary/aromatic N) is 3. The Hall–Kier alpha value is -2.80. The lowest BCUT2D eigenvalue weighted by Gasteiger charge is -2.33. The number of carbonyl (C=O) groups is 2. The Balaban J connectivity index is 1.52. The number of hydrogen-bond donors (Lipinski definition) is 0. The first-order valence-corrected chi connectivity index (χ1v) is 10.8. The molecule has 0 saturated carbocycles. The molecule has 2 amide bonds. The first-order valence-electron chi connectivity index (χ1n) is 10.8. The largest absolute Gasteiger partial charge is 0.378 e. The third-order valence-electron chi connectivity index (χ3n) is 6.27. The molecule has 2 saturated heterocycles. The number of halogens is 1. The van der Waals surface area contributed by atoms with Gasteiger partial charge in [-0.25, -0.2) is 4.39 Å². The lowest BCUT2D eigenvalue weighted by Crippen LogP contribution is -2.43. The summed E-state index contributed by atoms with van der Waals surface area (Å²) in [4.78, 5) is 34.2. The van der Waals surface area contributed by atoms with Gasteiger partial charge in [0.1, 0.15) is 5.82 Å². The van der Waals surface area contributed by atoms with Crippen LogP contribution in [0.2, 0.25) is 0 Å². The smallest absolute Gasteiger partial charge is 0.255 e. The summed E-state index contributed by atoms with van der Waals surface area (Å²) < 4.78 is 19.7. The van der Waals surface area contributed by atoms with Gasteiger partial charge < -0.3 is 14.5 Å². The maximum atomic E-state index is 14.4. The SMILES string of the molecule is CC(C)(C(=O)N1CCCC1c1ccc(C(=O)N2CCOCC2)cn1)c1ccccc1F. The van der Waals surface area contributed by atoms with Gasteiger partial charge in [0, 0.05) is 31.4 Å². The summed E-state index contributed by atoms with van der Waals surface area (Å²) in [7, 11) is 0. The first-order chi connectivity index (χ1) is 14.9. The summed E-state index contributed by atoms with van der Waals surface area (Å²) in [6, 6.07) is 9.87. The molecule has 4 rings (SSSR count). The van der Waals surface area contributed by atoms with Crippen molar-refractivity contribution in [3.05, 3.63) is 65.2 Å². The summed E-state index contributed by atoms with van der Waals surface area (Å²) in [5.41, 5.74) is 0.701. The summed E-state index contributed by atoms with van der Waals surface area (Å²) in [5, 5.41) is 0. The fraction of sp³-hybridized carbons (Fsp3) is 0.458. The Morgan fingerprint density at radius 3 is 2.52 bits per heavy atom. The van der Waals surface area contributed by atoms with Crippen molar-refractivity contribution in [1.82, 2.24) is 14.8 Å². The van der Waals surface area contributed by atoms with E-state index in [9.17, 15) is 14.0 Å². The molecular formula is C24H28FN3O3. The number of benzene rings is 1. The number of likely N-dealkylation sites (tertiary alicyclic amines) is 1. The van der Waals surface area contributed by atoms with E-state index in [-0.39, 0.29) is 23.7 Å². The predicted octanol–water partition coefficient (Wildman–Crippen LogP) is 3.33. The molecule has 1 atom stereocenters. The van der Waals surface area contributed by atoms with Gasteiger partial charge in [-0.15, -0.1) is 0 Å². The highest BCUT2D eigenvalue weighted by atomic mass is 19.1. The third-order valence-corrected chi connectivity index (χ3v) is 6.27. The van der Waals surface area contributed by atoms with Crippen molar-refractivity contribution in [2.75, 3.05) is 32.8 Å². The van der Waals surface area contributed by atoms with Gasteiger partial charge in [0.2, 0.25) is 5.91 Å². The molecule has 0 aliphatic carbocycles. The summed E-state index contributed by atoms with van der Waals surface area (Å²) in [6.45, 7) is 6.40. The van der Waals surface area contributed by atoms with Crippen LogP contribution >= 0.6 is 0 Å². The Morgan fingerprint density at radius 2 is 1.84 bits per heavy atom. The highest BCUT2D eigenvalue weighted by Crippen LogP contribution is 2.36. The van der Waals surface area contributed by atoms with Crippen molar-refractivity contribution < 1.29 is 18.7 Å². The van der Waals surface area contributed by atoms with E-state index < -0.39 is 5.41 Å². The first kappa shape index (κ1) is 21.4. The van der Waals surface area contributed by atoms with Crippen LogP contribution < -0.4 is 0 Å².